The lowest BCUT2D eigenvalue weighted by Gasteiger charge is -1.93. The van der Waals surface area contributed by atoms with Gasteiger partial charge in [0.05, 0.1) is 6.61 Å². The van der Waals surface area contributed by atoms with Crippen LogP contribution in [-0.2, 0) is 0 Å². The van der Waals surface area contributed by atoms with E-state index in [9.17, 15) is 4.79 Å². The Morgan fingerprint density at radius 2 is 2.36 bits per heavy atom. The zero-order chi connectivity index (χ0) is 8.27. The van der Waals surface area contributed by atoms with E-state index in [0.29, 0.717) is 4.88 Å². The molecule has 2 N–H and O–H groups in total. The molecule has 0 aromatic carbocycles. The first kappa shape index (κ1) is 8.23. The van der Waals surface area contributed by atoms with Gasteiger partial charge in [-0.1, -0.05) is 0 Å². The van der Waals surface area contributed by atoms with Gasteiger partial charge >= 0.3 is 0 Å². The van der Waals surface area contributed by atoms with Crippen molar-refractivity contribution in [2.45, 2.75) is 6.42 Å². The predicted octanol–water partition coefficient (Wildman–Crippen LogP) is 1.02. The maximum Gasteiger partial charge on any atom is 0.178 e. The Balaban J connectivity index is 2.76. The molecule has 1 heterocycles. The second kappa shape index (κ2) is 3.50. The van der Waals surface area contributed by atoms with Crippen LogP contribution in [0.15, 0.2) is 11.4 Å². The Morgan fingerprint density at radius 1 is 1.64 bits per heavy atom. The lowest BCUT2D eigenvalue weighted by atomic mass is 10.2. The molecule has 1 aromatic rings. The average Bonchev–Trinajstić information content (AvgIpc) is 2.36. The minimum Gasteiger partial charge on any atom is -0.506 e. The summed E-state index contributed by atoms with van der Waals surface area (Å²) in [4.78, 5) is 11.3. The number of aliphatic hydroxyl groups excluding tert-OH is 1. The van der Waals surface area contributed by atoms with Gasteiger partial charge in [-0.25, -0.2) is 0 Å². The summed E-state index contributed by atoms with van der Waals surface area (Å²) in [6.07, 6.45) is 0.0775. The van der Waals surface area contributed by atoms with Crippen molar-refractivity contribution in [3.63, 3.8) is 0 Å². The van der Waals surface area contributed by atoms with Crippen LogP contribution in [0.3, 0.4) is 0 Å². The van der Waals surface area contributed by atoms with Gasteiger partial charge in [-0.05, 0) is 11.4 Å². The van der Waals surface area contributed by atoms with Crippen LogP contribution >= 0.6 is 11.3 Å². The number of hydrogen-bond acceptors (Lipinski definition) is 4. The molecule has 0 bridgehead atoms. The normalized spacial score (nSPS) is 9.91. The summed E-state index contributed by atoms with van der Waals surface area (Å²) in [6.45, 7) is -0.170. The number of ketones is 1. The van der Waals surface area contributed by atoms with Crippen molar-refractivity contribution in [2.24, 2.45) is 0 Å². The lowest BCUT2D eigenvalue weighted by Crippen LogP contribution is -1.98. The van der Waals surface area contributed by atoms with Crippen molar-refractivity contribution < 1.29 is 15.0 Å². The molecule has 0 amide bonds. The zero-order valence-corrected chi connectivity index (χ0v) is 6.60. The molecule has 0 saturated heterocycles. The third-order valence-corrected chi connectivity index (χ3v) is 2.18. The molecule has 3 nitrogen and oxygen atoms in total. The van der Waals surface area contributed by atoms with Crippen LogP contribution in [0, 0.1) is 0 Å². The minimum atomic E-state index is -0.208. The van der Waals surface area contributed by atoms with Crippen molar-refractivity contribution in [3.8, 4) is 5.75 Å². The fourth-order valence-corrected chi connectivity index (χ4v) is 1.48. The molecule has 0 saturated carbocycles. The van der Waals surface area contributed by atoms with Crippen molar-refractivity contribution in [1.82, 2.24) is 0 Å². The number of thiophene rings is 1. The topological polar surface area (TPSA) is 57.5 Å². The van der Waals surface area contributed by atoms with Crippen LogP contribution in [-0.4, -0.2) is 22.6 Å². The number of Topliss-reactive ketones (excluding diaryl/α,β-unsaturated/α-hetero) is 1. The summed E-state index contributed by atoms with van der Waals surface area (Å²) in [5, 5.41) is 19.1. The Kier molecular flexibility index (Phi) is 2.62. The average molecular weight is 172 g/mol. The van der Waals surface area contributed by atoms with E-state index in [1.807, 2.05) is 0 Å². The van der Waals surface area contributed by atoms with E-state index in [2.05, 4.69) is 0 Å². The summed E-state index contributed by atoms with van der Waals surface area (Å²) in [5.41, 5.74) is 0. The van der Waals surface area contributed by atoms with Gasteiger partial charge in [-0.2, -0.15) is 0 Å². The van der Waals surface area contributed by atoms with Crippen LogP contribution in [0.4, 0.5) is 0 Å². The second-order valence-corrected chi connectivity index (χ2v) is 2.95. The van der Waals surface area contributed by atoms with E-state index in [4.69, 9.17) is 10.2 Å². The molecule has 0 radical (unpaired) electrons. The SMILES string of the molecule is O=C(CCO)c1sccc1O. The van der Waals surface area contributed by atoms with E-state index in [1.165, 1.54) is 17.4 Å². The molecule has 0 fully saturated rings. The molecule has 1 aromatic heterocycles. The molecule has 0 aliphatic heterocycles. The summed E-state index contributed by atoms with van der Waals surface area (Å²) in [6, 6.07) is 1.47. The van der Waals surface area contributed by atoms with Gasteiger partial charge < -0.3 is 10.2 Å². The second-order valence-electron chi connectivity index (χ2n) is 2.03. The Hall–Kier alpha value is -0.870. The van der Waals surface area contributed by atoms with Gasteiger partial charge in [0.25, 0.3) is 0 Å². The van der Waals surface area contributed by atoms with Crippen LogP contribution in [0.5, 0.6) is 5.75 Å². The number of hydrogen-bond donors (Lipinski definition) is 2. The highest BCUT2D eigenvalue weighted by Crippen LogP contribution is 2.24. The van der Waals surface area contributed by atoms with Crippen molar-refractivity contribution in [3.05, 3.63) is 16.3 Å². The van der Waals surface area contributed by atoms with Gasteiger partial charge in [0.15, 0.2) is 5.78 Å². The van der Waals surface area contributed by atoms with Crippen molar-refractivity contribution in [1.29, 1.82) is 0 Å². The Labute approximate surface area is 67.9 Å². The summed E-state index contributed by atoms with van der Waals surface area (Å²) in [5.74, 6) is -0.201. The third-order valence-electron chi connectivity index (χ3n) is 1.24. The number of aliphatic hydroxyl groups is 1. The molecule has 0 spiro atoms. The van der Waals surface area contributed by atoms with Gasteiger partial charge in [0.2, 0.25) is 0 Å². The molecule has 1 rings (SSSR count). The van der Waals surface area contributed by atoms with E-state index in [0.717, 1.165) is 0 Å². The molecule has 0 unspecified atom stereocenters. The third kappa shape index (κ3) is 1.78. The number of aromatic hydroxyl groups is 1. The predicted molar refractivity (Wildman–Crippen MR) is 42.0 cm³/mol. The van der Waals surface area contributed by atoms with Crippen LogP contribution < -0.4 is 0 Å². The van der Waals surface area contributed by atoms with Gasteiger partial charge in [0.1, 0.15) is 10.6 Å². The monoisotopic (exact) mass is 172 g/mol. The fourth-order valence-electron chi connectivity index (χ4n) is 0.726. The van der Waals surface area contributed by atoms with Gasteiger partial charge in [0, 0.05) is 6.42 Å². The van der Waals surface area contributed by atoms with E-state index in [1.54, 1.807) is 5.38 Å². The molecule has 11 heavy (non-hydrogen) atoms. The van der Waals surface area contributed by atoms with E-state index < -0.39 is 0 Å². The quantitative estimate of drug-likeness (QED) is 0.669. The number of rotatable bonds is 3. The number of carbonyl (C=O) groups excluding carboxylic acids is 1. The Morgan fingerprint density at radius 3 is 2.82 bits per heavy atom. The Bertz CT molecular complexity index is 254. The lowest BCUT2D eigenvalue weighted by molar-refractivity contribution is 0.0958. The molecule has 0 aliphatic carbocycles. The summed E-state index contributed by atoms with van der Waals surface area (Å²) >= 11 is 1.19. The van der Waals surface area contributed by atoms with Gasteiger partial charge in [-0.3, -0.25) is 4.79 Å². The molecule has 60 valence electrons. The molecular weight excluding hydrogens is 164 g/mol. The maximum absolute atomic E-state index is 11.0. The summed E-state index contributed by atoms with van der Waals surface area (Å²) in [7, 11) is 0. The van der Waals surface area contributed by atoms with Crippen molar-refractivity contribution in [2.75, 3.05) is 6.61 Å². The molecular formula is C7H8O3S. The minimum absolute atomic E-state index is 0.00782. The fraction of sp³-hybridized carbons (Fsp3) is 0.286. The van der Waals surface area contributed by atoms with Crippen LogP contribution in [0.1, 0.15) is 16.1 Å². The van der Waals surface area contributed by atoms with Crippen LogP contribution in [0.25, 0.3) is 0 Å². The highest BCUT2D eigenvalue weighted by molar-refractivity contribution is 7.12. The standard InChI is InChI=1S/C7H8O3S/c8-3-1-5(9)7-6(10)2-4-11-7/h2,4,8,10H,1,3H2. The first-order chi connectivity index (χ1) is 5.25. The number of carbonyl (C=O) groups is 1. The highest BCUT2D eigenvalue weighted by Gasteiger charge is 2.10. The first-order valence-electron chi connectivity index (χ1n) is 3.16. The van der Waals surface area contributed by atoms with Crippen molar-refractivity contribution >= 4 is 17.1 Å². The zero-order valence-electron chi connectivity index (χ0n) is 5.78. The first-order valence-corrected chi connectivity index (χ1v) is 4.04. The molecule has 0 aliphatic rings. The smallest absolute Gasteiger partial charge is 0.178 e. The highest BCUT2D eigenvalue weighted by atomic mass is 32.1. The van der Waals surface area contributed by atoms with Crippen LogP contribution in [0.2, 0.25) is 0 Å². The molecule has 0 atom stereocenters. The maximum atomic E-state index is 11.0. The summed E-state index contributed by atoms with van der Waals surface area (Å²) < 4.78 is 0. The molecule has 4 heteroatoms. The van der Waals surface area contributed by atoms with E-state index >= 15 is 0 Å². The van der Waals surface area contributed by atoms with E-state index in [-0.39, 0.29) is 24.6 Å². The largest absolute Gasteiger partial charge is 0.506 e. The van der Waals surface area contributed by atoms with Gasteiger partial charge in [-0.15, -0.1) is 11.3 Å².